The summed E-state index contributed by atoms with van der Waals surface area (Å²) in [7, 11) is 0. The van der Waals surface area contributed by atoms with E-state index >= 15 is 0 Å². The van der Waals surface area contributed by atoms with Crippen molar-refractivity contribution in [3.05, 3.63) is 35.9 Å². The Labute approximate surface area is 94.0 Å². The van der Waals surface area contributed by atoms with Crippen LogP contribution in [0, 0.1) is 5.92 Å². The van der Waals surface area contributed by atoms with Crippen LogP contribution in [0.3, 0.4) is 0 Å². The molecule has 1 heterocycles. The van der Waals surface area contributed by atoms with Crippen LogP contribution in [0.1, 0.15) is 5.56 Å². The van der Waals surface area contributed by atoms with E-state index in [0.717, 1.165) is 5.56 Å². The third kappa shape index (κ3) is 2.07. The number of carbonyl (C=O) groups excluding carboxylic acids is 1. The van der Waals surface area contributed by atoms with Crippen molar-refractivity contribution in [2.75, 3.05) is 13.2 Å². The highest BCUT2D eigenvalue weighted by Crippen LogP contribution is 2.19. The SMILES string of the molecule is NC1C(=O)N(Cc2ccccc2)CC1CF. The van der Waals surface area contributed by atoms with Crippen molar-refractivity contribution >= 4 is 5.91 Å². The van der Waals surface area contributed by atoms with Crippen LogP contribution in [0.4, 0.5) is 4.39 Å². The zero-order valence-corrected chi connectivity index (χ0v) is 8.97. The van der Waals surface area contributed by atoms with E-state index in [4.69, 9.17) is 5.73 Å². The van der Waals surface area contributed by atoms with Crippen molar-refractivity contribution < 1.29 is 9.18 Å². The number of alkyl halides is 1. The minimum atomic E-state index is -0.672. The summed E-state index contributed by atoms with van der Waals surface area (Å²) in [6.45, 7) is 0.410. The third-order valence-corrected chi connectivity index (χ3v) is 2.97. The second-order valence-electron chi connectivity index (χ2n) is 4.14. The molecule has 1 aliphatic rings. The van der Waals surface area contributed by atoms with Gasteiger partial charge in [0.15, 0.2) is 0 Å². The van der Waals surface area contributed by atoms with Gasteiger partial charge < -0.3 is 10.6 Å². The summed E-state index contributed by atoms with van der Waals surface area (Å²) < 4.78 is 12.6. The van der Waals surface area contributed by atoms with Gasteiger partial charge in [0.2, 0.25) is 5.91 Å². The Morgan fingerprint density at radius 2 is 2.06 bits per heavy atom. The molecule has 1 saturated heterocycles. The van der Waals surface area contributed by atoms with Crippen LogP contribution >= 0.6 is 0 Å². The van der Waals surface area contributed by atoms with Crippen LogP contribution in [-0.4, -0.2) is 30.1 Å². The summed E-state index contributed by atoms with van der Waals surface area (Å²) in [6, 6.07) is 8.98. The van der Waals surface area contributed by atoms with E-state index < -0.39 is 12.7 Å². The predicted molar refractivity (Wildman–Crippen MR) is 59.3 cm³/mol. The zero-order chi connectivity index (χ0) is 11.5. The summed E-state index contributed by atoms with van der Waals surface area (Å²) in [5, 5.41) is 0. The summed E-state index contributed by atoms with van der Waals surface area (Å²) in [4.78, 5) is 13.3. The first-order valence-electron chi connectivity index (χ1n) is 5.36. The van der Waals surface area contributed by atoms with E-state index in [-0.39, 0.29) is 11.8 Å². The largest absolute Gasteiger partial charge is 0.337 e. The van der Waals surface area contributed by atoms with Gasteiger partial charge in [-0.3, -0.25) is 9.18 Å². The Bertz CT molecular complexity index is 369. The first-order chi connectivity index (χ1) is 7.72. The Morgan fingerprint density at radius 1 is 1.38 bits per heavy atom. The predicted octanol–water partition coefficient (Wildman–Crippen LogP) is 0.942. The maximum absolute atomic E-state index is 12.6. The molecule has 0 radical (unpaired) electrons. The first kappa shape index (κ1) is 11.1. The standard InChI is InChI=1S/C12H15FN2O/c13-6-10-8-15(12(16)11(10)14)7-9-4-2-1-3-5-9/h1-5,10-11H,6-8,14H2. The second kappa shape index (κ2) is 4.61. The van der Waals surface area contributed by atoms with Gasteiger partial charge >= 0.3 is 0 Å². The Morgan fingerprint density at radius 3 is 2.62 bits per heavy atom. The van der Waals surface area contributed by atoms with Gasteiger partial charge in [0.25, 0.3) is 0 Å². The minimum Gasteiger partial charge on any atom is -0.337 e. The summed E-state index contributed by atoms with van der Waals surface area (Å²) >= 11 is 0. The maximum atomic E-state index is 12.6. The molecule has 16 heavy (non-hydrogen) atoms. The van der Waals surface area contributed by atoms with E-state index in [1.165, 1.54) is 0 Å². The van der Waals surface area contributed by atoms with Gasteiger partial charge in [-0.05, 0) is 5.56 Å². The molecule has 2 N–H and O–H groups in total. The number of nitrogens with two attached hydrogens (primary N) is 1. The quantitative estimate of drug-likeness (QED) is 0.827. The molecule has 0 bridgehead atoms. The van der Waals surface area contributed by atoms with E-state index in [1.54, 1.807) is 4.90 Å². The molecule has 2 unspecified atom stereocenters. The van der Waals surface area contributed by atoms with Gasteiger partial charge in [0.05, 0.1) is 12.7 Å². The molecule has 1 aromatic rings. The molecule has 4 heteroatoms. The van der Waals surface area contributed by atoms with Crippen molar-refractivity contribution in [1.82, 2.24) is 4.90 Å². The van der Waals surface area contributed by atoms with E-state index in [9.17, 15) is 9.18 Å². The highest BCUT2D eigenvalue weighted by molar-refractivity contribution is 5.84. The molecular formula is C12H15FN2O. The normalized spacial score (nSPS) is 25.1. The van der Waals surface area contributed by atoms with Crippen molar-refractivity contribution in [3.8, 4) is 0 Å². The molecule has 2 atom stereocenters. The smallest absolute Gasteiger partial charge is 0.240 e. The molecule has 1 aliphatic heterocycles. The summed E-state index contributed by atoms with van der Waals surface area (Å²) in [5.41, 5.74) is 6.69. The molecule has 2 rings (SSSR count). The molecule has 0 aliphatic carbocycles. The van der Waals surface area contributed by atoms with Gasteiger partial charge in [-0.25, -0.2) is 0 Å². The number of amides is 1. The lowest BCUT2D eigenvalue weighted by Crippen LogP contribution is -2.36. The molecule has 0 spiro atoms. The molecule has 1 fully saturated rings. The van der Waals surface area contributed by atoms with Gasteiger partial charge in [-0.15, -0.1) is 0 Å². The molecular weight excluding hydrogens is 207 g/mol. The Hall–Kier alpha value is -1.42. The number of hydrogen-bond acceptors (Lipinski definition) is 2. The van der Waals surface area contributed by atoms with Crippen molar-refractivity contribution in [3.63, 3.8) is 0 Å². The number of hydrogen-bond donors (Lipinski definition) is 1. The van der Waals surface area contributed by atoms with E-state index in [1.807, 2.05) is 30.3 Å². The van der Waals surface area contributed by atoms with Gasteiger partial charge in [-0.1, -0.05) is 30.3 Å². The fourth-order valence-corrected chi connectivity index (χ4v) is 1.99. The fraction of sp³-hybridized carbons (Fsp3) is 0.417. The average Bonchev–Trinajstić information content (AvgIpc) is 2.58. The zero-order valence-electron chi connectivity index (χ0n) is 8.97. The lowest BCUT2D eigenvalue weighted by atomic mass is 10.1. The van der Waals surface area contributed by atoms with Crippen molar-refractivity contribution in [1.29, 1.82) is 0 Å². The summed E-state index contributed by atoms with van der Waals surface area (Å²) in [5.74, 6) is -0.497. The van der Waals surface area contributed by atoms with Gasteiger partial charge in [0.1, 0.15) is 0 Å². The summed E-state index contributed by atoms with van der Waals surface area (Å²) in [6.07, 6.45) is 0. The Kier molecular flexibility index (Phi) is 3.19. The van der Waals surface area contributed by atoms with Gasteiger partial charge in [-0.2, -0.15) is 0 Å². The van der Waals surface area contributed by atoms with Crippen LogP contribution < -0.4 is 5.73 Å². The fourth-order valence-electron chi connectivity index (χ4n) is 1.99. The molecule has 86 valence electrons. The molecule has 0 saturated carbocycles. The van der Waals surface area contributed by atoms with Crippen LogP contribution in [0.5, 0.6) is 0 Å². The molecule has 1 amide bonds. The van der Waals surface area contributed by atoms with Crippen LogP contribution in [0.2, 0.25) is 0 Å². The van der Waals surface area contributed by atoms with Crippen LogP contribution in [0.25, 0.3) is 0 Å². The Balaban J connectivity index is 2.04. The second-order valence-corrected chi connectivity index (χ2v) is 4.14. The number of likely N-dealkylation sites (tertiary alicyclic amines) is 1. The van der Waals surface area contributed by atoms with Crippen LogP contribution in [0.15, 0.2) is 30.3 Å². The number of carbonyl (C=O) groups is 1. The van der Waals surface area contributed by atoms with Crippen molar-refractivity contribution in [2.45, 2.75) is 12.6 Å². The third-order valence-electron chi connectivity index (χ3n) is 2.97. The van der Waals surface area contributed by atoms with Crippen molar-refractivity contribution in [2.24, 2.45) is 11.7 Å². The maximum Gasteiger partial charge on any atom is 0.240 e. The molecule has 3 nitrogen and oxygen atoms in total. The molecule has 0 aromatic heterocycles. The topological polar surface area (TPSA) is 46.3 Å². The van der Waals surface area contributed by atoms with Crippen LogP contribution in [-0.2, 0) is 11.3 Å². The number of benzene rings is 1. The first-order valence-corrected chi connectivity index (χ1v) is 5.36. The average molecular weight is 222 g/mol. The highest BCUT2D eigenvalue weighted by Gasteiger charge is 2.37. The highest BCUT2D eigenvalue weighted by atomic mass is 19.1. The number of rotatable bonds is 3. The molecule has 1 aromatic carbocycles. The monoisotopic (exact) mass is 222 g/mol. The van der Waals surface area contributed by atoms with E-state index in [2.05, 4.69) is 0 Å². The number of halogens is 1. The van der Waals surface area contributed by atoms with E-state index in [0.29, 0.717) is 13.1 Å². The number of nitrogens with zero attached hydrogens (tertiary/aromatic N) is 1. The lowest BCUT2D eigenvalue weighted by Gasteiger charge is -2.15. The minimum absolute atomic E-state index is 0.147. The lowest BCUT2D eigenvalue weighted by molar-refractivity contribution is -0.129. The van der Waals surface area contributed by atoms with Gasteiger partial charge in [0, 0.05) is 19.0 Å².